The fraction of sp³-hybridized carbons (Fsp3) is 0.310. The van der Waals surface area contributed by atoms with Gasteiger partial charge in [-0.25, -0.2) is 9.78 Å². The van der Waals surface area contributed by atoms with Gasteiger partial charge in [0.15, 0.2) is 5.69 Å². The standard InChI is InChI=1S/C29H29N3O3/c1-4-35-29(33)26-28(32(17-30-26)21-8-7-9-21)20-14-19-15-22(34-3)12-13-24(19)27-18(2)23-10-5-6-11-25(23)31(27)16-20/h5-6,10-15,17,21H,4,7-9,16H2,1-3H3. The van der Waals surface area contributed by atoms with E-state index in [-0.39, 0.29) is 5.97 Å². The third-order valence-corrected chi connectivity index (χ3v) is 7.43. The van der Waals surface area contributed by atoms with E-state index in [0.717, 1.165) is 41.0 Å². The zero-order chi connectivity index (χ0) is 24.1. The topological polar surface area (TPSA) is 58.3 Å². The molecule has 35 heavy (non-hydrogen) atoms. The summed E-state index contributed by atoms with van der Waals surface area (Å²) in [5.41, 5.74) is 8.16. The third-order valence-electron chi connectivity index (χ3n) is 7.43. The highest BCUT2D eigenvalue weighted by molar-refractivity contribution is 6.00. The van der Waals surface area contributed by atoms with Gasteiger partial charge >= 0.3 is 5.97 Å². The first kappa shape index (κ1) is 21.7. The van der Waals surface area contributed by atoms with E-state index in [4.69, 9.17) is 9.47 Å². The number of imidazole rings is 1. The number of fused-ring (bicyclic) bond motifs is 5. The van der Waals surface area contributed by atoms with Crippen LogP contribution >= 0.6 is 0 Å². The van der Waals surface area contributed by atoms with Crippen LogP contribution in [0.25, 0.3) is 33.8 Å². The molecule has 0 radical (unpaired) electrons. The number of carbonyl (C=O) groups is 1. The minimum absolute atomic E-state index is 0.319. The van der Waals surface area contributed by atoms with Gasteiger partial charge in [0.2, 0.25) is 0 Å². The van der Waals surface area contributed by atoms with Gasteiger partial charge in [-0.15, -0.1) is 0 Å². The molecule has 6 rings (SSSR count). The quantitative estimate of drug-likeness (QED) is 0.324. The molecule has 0 amide bonds. The summed E-state index contributed by atoms with van der Waals surface area (Å²) in [6.07, 6.45) is 7.42. The molecule has 0 atom stereocenters. The number of ether oxygens (including phenoxy) is 2. The van der Waals surface area contributed by atoms with E-state index in [0.29, 0.717) is 24.9 Å². The van der Waals surface area contributed by atoms with Crippen molar-refractivity contribution in [1.82, 2.24) is 14.1 Å². The number of carbonyl (C=O) groups excluding carboxylic acids is 1. The molecule has 1 aliphatic carbocycles. The average molecular weight is 468 g/mol. The maximum absolute atomic E-state index is 13.0. The zero-order valence-electron chi connectivity index (χ0n) is 20.4. The summed E-state index contributed by atoms with van der Waals surface area (Å²) in [5.74, 6) is 0.435. The van der Waals surface area contributed by atoms with E-state index in [9.17, 15) is 4.79 Å². The van der Waals surface area contributed by atoms with Crippen molar-refractivity contribution in [3.8, 4) is 17.0 Å². The van der Waals surface area contributed by atoms with Gasteiger partial charge in [0, 0.05) is 22.5 Å². The molecule has 0 spiro atoms. The summed E-state index contributed by atoms with van der Waals surface area (Å²) < 4.78 is 15.6. The van der Waals surface area contributed by atoms with Crippen LogP contribution < -0.4 is 4.74 Å². The Morgan fingerprint density at radius 2 is 1.97 bits per heavy atom. The van der Waals surface area contributed by atoms with Gasteiger partial charge < -0.3 is 18.6 Å². The molecule has 1 fully saturated rings. The van der Waals surface area contributed by atoms with Crippen molar-refractivity contribution in [3.63, 3.8) is 0 Å². The van der Waals surface area contributed by atoms with Crippen LogP contribution in [0, 0.1) is 6.92 Å². The molecular weight excluding hydrogens is 438 g/mol. The normalized spacial score (nSPS) is 15.1. The van der Waals surface area contributed by atoms with Gasteiger partial charge in [-0.3, -0.25) is 0 Å². The van der Waals surface area contributed by atoms with E-state index in [1.807, 2.05) is 19.3 Å². The monoisotopic (exact) mass is 467 g/mol. The van der Waals surface area contributed by atoms with E-state index in [1.54, 1.807) is 7.11 Å². The fourth-order valence-corrected chi connectivity index (χ4v) is 5.51. The fourth-order valence-electron chi connectivity index (χ4n) is 5.51. The number of hydrogen-bond acceptors (Lipinski definition) is 4. The first-order valence-electron chi connectivity index (χ1n) is 12.3. The molecule has 2 aliphatic rings. The maximum atomic E-state index is 13.0. The van der Waals surface area contributed by atoms with Crippen molar-refractivity contribution in [3.05, 3.63) is 71.3 Å². The van der Waals surface area contributed by atoms with Crippen LogP contribution in [-0.4, -0.2) is 33.8 Å². The van der Waals surface area contributed by atoms with Gasteiger partial charge in [-0.1, -0.05) is 18.2 Å². The number of allylic oxidation sites excluding steroid dienone is 1. The molecule has 2 aromatic carbocycles. The van der Waals surface area contributed by atoms with Crippen molar-refractivity contribution in [1.29, 1.82) is 0 Å². The van der Waals surface area contributed by atoms with Crippen LogP contribution in [0.1, 0.15) is 59.5 Å². The average Bonchev–Trinajstić information content (AvgIpc) is 3.32. The lowest BCUT2D eigenvalue weighted by molar-refractivity contribution is 0.0519. The SMILES string of the molecule is CCOC(=O)c1ncn(C2CCC2)c1C1=Cc2cc(OC)ccc2-c2c(C)c3ccccc3n2C1. The minimum atomic E-state index is -0.370. The van der Waals surface area contributed by atoms with Crippen molar-refractivity contribution < 1.29 is 14.3 Å². The number of methoxy groups -OCH3 is 1. The number of benzene rings is 2. The minimum Gasteiger partial charge on any atom is -0.497 e. The smallest absolute Gasteiger partial charge is 0.359 e. The lowest BCUT2D eigenvalue weighted by atomic mass is 9.92. The molecule has 3 heterocycles. The van der Waals surface area contributed by atoms with E-state index >= 15 is 0 Å². The lowest BCUT2D eigenvalue weighted by Crippen LogP contribution is -2.20. The predicted molar refractivity (Wildman–Crippen MR) is 138 cm³/mol. The molecule has 0 N–H and O–H groups in total. The molecule has 1 aliphatic heterocycles. The predicted octanol–water partition coefficient (Wildman–Crippen LogP) is 6.28. The Bertz CT molecular complexity index is 1490. The number of esters is 1. The Balaban J connectivity index is 1.63. The molecule has 0 unspecified atom stereocenters. The van der Waals surface area contributed by atoms with E-state index in [2.05, 4.69) is 63.5 Å². The summed E-state index contributed by atoms with van der Waals surface area (Å²) >= 11 is 0. The molecule has 0 bridgehead atoms. The van der Waals surface area contributed by atoms with Gasteiger partial charge in [0.05, 0.1) is 38.0 Å². The second-order valence-corrected chi connectivity index (χ2v) is 9.35. The largest absolute Gasteiger partial charge is 0.497 e. The summed E-state index contributed by atoms with van der Waals surface area (Å²) in [5, 5.41) is 1.24. The van der Waals surface area contributed by atoms with Crippen molar-refractivity contribution in [2.24, 2.45) is 0 Å². The van der Waals surface area contributed by atoms with Crippen LogP contribution in [0.2, 0.25) is 0 Å². The van der Waals surface area contributed by atoms with Gasteiger partial charge in [0.25, 0.3) is 0 Å². The number of para-hydroxylation sites is 1. The summed E-state index contributed by atoms with van der Waals surface area (Å²) in [7, 11) is 1.69. The third kappa shape index (κ3) is 3.39. The van der Waals surface area contributed by atoms with Gasteiger partial charge in [-0.05, 0) is 80.2 Å². The Kier molecular flexibility index (Phi) is 5.24. The molecule has 1 saturated carbocycles. The highest BCUT2D eigenvalue weighted by atomic mass is 16.5. The first-order chi connectivity index (χ1) is 17.1. The van der Waals surface area contributed by atoms with Crippen molar-refractivity contribution in [2.45, 2.75) is 45.7 Å². The van der Waals surface area contributed by atoms with Crippen LogP contribution in [0.15, 0.2) is 48.8 Å². The molecule has 178 valence electrons. The number of rotatable bonds is 5. The van der Waals surface area contributed by atoms with E-state index in [1.165, 1.54) is 28.6 Å². The summed E-state index contributed by atoms with van der Waals surface area (Å²) in [6, 6.07) is 15.1. The highest BCUT2D eigenvalue weighted by Gasteiger charge is 2.31. The van der Waals surface area contributed by atoms with Crippen molar-refractivity contribution in [2.75, 3.05) is 13.7 Å². The highest BCUT2D eigenvalue weighted by Crippen LogP contribution is 2.43. The van der Waals surface area contributed by atoms with Gasteiger partial charge in [-0.2, -0.15) is 0 Å². The molecule has 4 aromatic rings. The molecular formula is C29H29N3O3. The van der Waals surface area contributed by atoms with Crippen LogP contribution in [0.4, 0.5) is 0 Å². The van der Waals surface area contributed by atoms with E-state index < -0.39 is 0 Å². The number of hydrogen-bond donors (Lipinski definition) is 0. The Labute approximate surface area is 204 Å². The second-order valence-electron chi connectivity index (χ2n) is 9.35. The first-order valence-corrected chi connectivity index (χ1v) is 12.3. The lowest BCUT2D eigenvalue weighted by Gasteiger charge is -2.29. The molecule has 0 saturated heterocycles. The second kappa shape index (κ2) is 8.45. The van der Waals surface area contributed by atoms with Crippen LogP contribution in [0.5, 0.6) is 5.75 Å². The van der Waals surface area contributed by atoms with Crippen molar-refractivity contribution >= 4 is 28.5 Å². The van der Waals surface area contributed by atoms with Crippen LogP contribution in [0.3, 0.4) is 0 Å². The van der Waals surface area contributed by atoms with Crippen LogP contribution in [-0.2, 0) is 11.3 Å². The number of aromatic nitrogens is 3. The molecule has 6 nitrogen and oxygen atoms in total. The molecule has 6 heteroatoms. The Morgan fingerprint density at radius 1 is 1.14 bits per heavy atom. The number of aryl methyl sites for hydroxylation is 1. The Morgan fingerprint density at radius 3 is 2.71 bits per heavy atom. The zero-order valence-corrected chi connectivity index (χ0v) is 20.4. The number of nitrogens with zero attached hydrogens (tertiary/aromatic N) is 3. The summed E-state index contributed by atoms with van der Waals surface area (Å²) in [6.45, 7) is 4.97. The van der Waals surface area contributed by atoms with Gasteiger partial charge in [0.1, 0.15) is 5.75 Å². The Hall–Kier alpha value is -3.80. The molecule has 2 aromatic heterocycles. The maximum Gasteiger partial charge on any atom is 0.359 e. The summed E-state index contributed by atoms with van der Waals surface area (Å²) in [4.78, 5) is 17.6.